The summed E-state index contributed by atoms with van der Waals surface area (Å²) in [6.45, 7) is 18.4. The van der Waals surface area contributed by atoms with Crippen LogP contribution in [0.2, 0.25) is 0 Å². The molecule has 1 aromatic rings. The number of aryl methyl sites for hydroxylation is 1. The number of hydrogen-bond acceptors (Lipinski definition) is 0. The van der Waals surface area contributed by atoms with E-state index in [1.165, 1.54) is 16.7 Å². The first-order chi connectivity index (χ1) is 8.47. The molecule has 0 aliphatic heterocycles. The first-order valence-electron chi connectivity index (χ1n) is 6.83. The summed E-state index contributed by atoms with van der Waals surface area (Å²) in [6.07, 6.45) is 4.01. The van der Waals surface area contributed by atoms with Gasteiger partial charge in [0.15, 0.2) is 0 Å². The molecular weight excluding hydrogens is 216 g/mol. The second-order valence-electron chi connectivity index (χ2n) is 4.68. The van der Waals surface area contributed by atoms with Crippen molar-refractivity contribution in [2.24, 2.45) is 5.92 Å². The highest BCUT2D eigenvalue weighted by molar-refractivity contribution is 5.57. The van der Waals surface area contributed by atoms with Gasteiger partial charge in [-0.2, -0.15) is 0 Å². The fourth-order valence-corrected chi connectivity index (χ4v) is 1.05. The molecule has 0 spiro atoms. The molecule has 1 aromatic carbocycles. The summed E-state index contributed by atoms with van der Waals surface area (Å²) in [4.78, 5) is 0. The van der Waals surface area contributed by atoms with Crippen LogP contribution in [0.3, 0.4) is 0 Å². The predicted molar refractivity (Wildman–Crippen MR) is 86.9 cm³/mol. The molecule has 0 N–H and O–H groups in total. The van der Waals surface area contributed by atoms with Crippen molar-refractivity contribution >= 4 is 6.08 Å². The van der Waals surface area contributed by atoms with Gasteiger partial charge < -0.3 is 0 Å². The van der Waals surface area contributed by atoms with Crippen LogP contribution in [0.25, 0.3) is 6.08 Å². The van der Waals surface area contributed by atoms with Gasteiger partial charge in [-0.15, -0.1) is 0 Å². The van der Waals surface area contributed by atoms with Gasteiger partial charge in [0, 0.05) is 0 Å². The molecule has 0 saturated carbocycles. The Morgan fingerprint density at radius 2 is 1.56 bits per heavy atom. The van der Waals surface area contributed by atoms with Crippen LogP contribution in [0.5, 0.6) is 0 Å². The molecule has 0 bridgehead atoms. The molecule has 102 valence electrons. The van der Waals surface area contributed by atoms with Crippen LogP contribution >= 0.6 is 0 Å². The Labute approximate surface area is 114 Å². The van der Waals surface area contributed by atoms with E-state index in [0.29, 0.717) is 0 Å². The highest BCUT2D eigenvalue weighted by Gasteiger charge is 1.91. The Morgan fingerprint density at radius 1 is 1.11 bits per heavy atom. The zero-order chi connectivity index (χ0) is 14.6. The van der Waals surface area contributed by atoms with E-state index in [4.69, 9.17) is 0 Å². The van der Waals surface area contributed by atoms with Crippen LogP contribution < -0.4 is 0 Å². The van der Waals surface area contributed by atoms with Crippen LogP contribution in [0.1, 0.15) is 52.7 Å². The summed E-state index contributed by atoms with van der Waals surface area (Å²) >= 11 is 0. The monoisotopic (exact) mass is 246 g/mol. The van der Waals surface area contributed by atoms with Crippen LogP contribution in [-0.4, -0.2) is 0 Å². The van der Waals surface area contributed by atoms with Gasteiger partial charge in [-0.25, -0.2) is 0 Å². The number of benzene rings is 1. The summed E-state index contributed by atoms with van der Waals surface area (Å²) in [5, 5.41) is 0. The Hall–Kier alpha value is -1.30. The third kappa shape index (κ3) is 11.2. The van der Waals surface area contributed by atoms with Crippen molar-refractivity contribution in [1.82, 2.24) is 0 Å². The normalized spacial score (nSPS) is 9.89. The topological polar surface area (TPSA) is 0 Å². The van der Waals surface area contributed by atoms with Gasteiger partial charge in [-0.1, -0.05) is 83.2 Å². The molecular formula is C18H30. The molecule has 0 unspecified atom stereocenters. The first kappa shape index (κ1) is 19.0. The zero-order valence-electron chi connectivity index (χ0n) is 13.2. The summed E-state index contributed by atoms with van der Waals surface area (Å²) in [5.41, 5.74) is 3.78. The summed E-state index contributed by atoms with van der Waals surface area (Å²) in [6, 6.07) is 8.33. The van der Waals surface area contributed by atoms with Gasteiger partial charge in [0.05, 0.1) is 0 Å². The minimum Gasteiger partial charge on any atom is -0.0988 e. The molecule has 18 heavy (non-hydrogen) atoms. The number of hydrogen-bond donors (Lipinski definition) is 0. The third-order valence-electron chi connectivity index (χ3n) is 1.89. The summed E-state index contributed by atoms with van der Waals surface area (Å²) in [5.74, 6) is 0.833. The highest BCUT2D eigenvalue weighted by Crippen LogP contribution is 2.11. The Kier molecular flexibility index (Phi) is 12.9. The van der Waals surface area contributed by atoms with E-state index in [0.717, 1.165) is 5.92 Å². The first-order valence-corrected chi connectivity index (χ1v) is 6.83. The standard InChI is InChI=1S/C12H14.C4H10.C2H6/c1-4-10(2)9-12-8-6-5-7-11(12)3;1-4(2)3;1-2/h4-9H,1H2,2-3H3;4H,1-3H3;1-2H3/b10-9+;;. The van der Waals surface area contributed by atoms with E-state index in [9.17, 15) is 0 Å². The third-order valence-corrected chi connectivity index (χ3v) is 1.89. The van der Waals surface area contributed by atoms with Gasteiger partial charge in [-0.05, 0) is 30.9 Å². The highest BCUT2D eigenvalue weighted by atomic mass is 14.0. The maximum atomic E-state index is 3.72. The van der Waals surface area contributed by atoms with E-state index >= 15 is 0 Å². The number of rotatable bonds is 2. The molecule has 0 atom stereocenters. The smallest absolute Gasteiger partial charge is 0.0225 e. The van der Waals surface area contributed by atoms with Gasteiger partial charge in [0.1, 0.15) is 0 Å². The van der Waals surface area contributed by atoms with Crippen LogP contribution in [0, 0.1) is 12.8 Å². The van der Waals surface area contributed by atoms with Crippen molar-refractivity contribution in [3.05, 3.63) is 53.6 Å². The second kappa shape index (κ2) is 12.2. The zero-order valence-corrected chi connectivity index (χ0v) is 13.2. The quantitative estimate of drug-likeness (QED) is 0.539. The molecule has 0 aliphatic carbocycles. The van der Waals surface area contributed by atoms with Gasteiger partial charge in [0.25, 0.3) is 0 Å². The molecule has 0 aliphatic rings. The number of allylic oxidation sites excluding steroid dienone is 2. The fraction of sp³-hybridized carbons (Fsp3) is 0.444. The molecule has 0 saturated heterocycles. The second-order valence-corrected chi connectivity index (χ2v) is 4.68. The molecule has 0 fully saturated rings. The summed E-state index contributed by atoms with van der Waals surface area (Å²) < 4.78 is 0. The minimum absolute atomic E-state index is 0.833. The lowest BCUT2D eigenvalue weighted by Gasteiger charge is -1.99. The lowest BCUT2D eigenvalue weighted by molar-refractivity contribution is 0.737. The van der Waals surface area contributed by atoms with Gasteiger partial charge >= 0.3 is 0 Å². The van der Waals surface area contributed by atoms with E-state index in [1.807, 2.05) is 19.9 Å². The van der Waals surface area contributed by atoms with Crippen molar-refractivity contribution in [3.63, 3.8) is 0 Å². The maximum absolute atomic E-state index is 3.72. The van der Waals surface area contributed by atoms with Crippen molar-refractivity contribution < 1.29 is 0 Å². The average Bonchev–Trinajstić information content (AvgIpc) is 2.34. The van der Waals surface area contributed by atoms with Crippen molar-refractivity contribution in [1.29, 1.82) is 0 Å². The van der Waals surface area contributed by atoms with Gasteiger partial charge in [-0.3, -0.25) is 0 Å². The fourth-order valence-electron chi connectivity index (χ4n) is 1.05. The summed E-state index contributed by atoms with van der Waals surface area (Å²) in [7, 11) is 0. The largest absolute Gasteiger partial charge is 0.0988 e. The molecule has 0 heteroatoms. The van der Waals surface area contributed by atoms with Crippen molar-refractivity contribution in [3.8, 4) is 0 Å². The van der Waals surface area contributed by atoms with E-state index in [-0.39, 0.29) is 0 Å². The Bertz CT molecular complexity index is 340. The molecule has 0 aromatic heterocycles. The molecule has 1 rings (SSSR count). The van der Waals surface area contributed by atoms with E-state index in [1.54, 1.807) is 0 Å². The Balaban J connectivity index is 0. The van der Waals surface area contributed by atoms with Crippen molar-refractivity contribution in [2.45, 2.75) is 48.5 Å². The SMILES string of the molecule is C=C/C(C)=C/c1ccccc1C.CC.CC(C)C. The molecule has 0 heterocycles. The average molecular weight is 246 g/mol. The lowest BCUT2D eigenvalue weighted by atomic mass is 10.1. The van der Waals surface area contributed by atoms with E-state index in [2.05, 4.69) is 71.5 Å². The van der Waals surface area contributed by atoms with Crippen LogP contribution in [-0.2, 0) is 0 Å². The lowest BCUT2D eigenvalue weighted by Crippen LogP contribution is -1.79. The minimum atomic E-state index is 0.833. The molecule has 0 radical (unpaired) electrons. The van der Waals surface area contributed by atoms with Crippen molar-refractivity contribution in [2.75, 3.05) is 0 Å². The van der Waals surface area contributed by atoms with E-state index < -0.39 is 0 Å². The predicted octanol–water partition coefficient (Wildman–Crippen LogP) is 6.27. The molecule has 0 nitrogen and oxygen atoms in total. The maximum Gasteiger partial charge on any atom is -0.0225 e. The van der Waals surface area contributed by atoms with Crippen LogP contribution in [0.4, 0.5) is 0 Å². The van der Waals surface area contributed by atoms with Gasteiger partial charge in [0.2, 0.25) is 0 Å². The molecule has 0 amide bonds. The van der Waals surface area contributed by atoms with Crippen LogP contribution in [0.15, 0.2) is 42.5 Å². The Morgan fingerprint density at radius 3 is 1.94 bits per heavy atom.